The molecule has 1 nitrogen and oxygen atoms in total. The van der Waals surface area contributed by atoms with Crippen LogP contribution in [-0.2, 0) is 12.8 Å². The minimum atomic E-state index is 0.201. The summed E-state index contributed by atoms with van der Waals surface area (Å²) in [5.74, 6) is 1.80. The molecule has 0 saturated heterocycles. The quantitative estimate of drug-likeness (QED) is 0.174. The first-order valence-electron chi connectivity index (χ1n) is 15.1. The number of thiophene rings is 4. The molecule has 4 aromatic heterocycles. The van der Waals surface area contributed by atoms with Crippen molar-refractivity contribution in [3.8, 4) is 0 Å². The first-order valence-corrected chi connectivity index (χ1v) is 18.5. The van der Waals surface area contributed by atoms with Crippen LogP contribution in [0.4, 0.5) is 0 Å². The highest BCUT2D eigenvalue weighted by molar-refractivity contribution is 7.25. The molecule has 204 valence electrons. The molecule has 2 aliphatic rings. The van der Waals surface area contributed by atoms with E-state index < -0.39 is 0 Å². The Morgan fingerprint density at radius 1 is 0.600 bits per heavy atom. The zero-order valence-corrected chi connectivity index (χ0v) is 26.1. The standard InChI is InChI=1S/C35H34OS4/c36-33(31-19-25-23-13-15-37-29(23)11-12-30(25)39-31)32-20-28-24-14-16-38-34(24)26(17-21-7-3-1-4-8-21)27(35(28)40-32)18-22-9-5-2-6-10-22/h11-16,19-22H,1-10,17-18H2. The van der Waals surface area contributed by atoms with Gasteiger partial charge in [0.1, 0.15) is 0 Å². The number of fused-ring (bicyclic) bond motifs is 6. The second-order valence-electron chi connectivity index (χ2n) is 12.1. The molecule has 0 spiro atoms. The summed E-state index contributed by atoms with van der Waals surface area (Å²) < 4.78 is 5.42. The fourth-order valence-corrected chi connectivity index (χ4v) is 11.6. The molecule has 4 heterocycles. The Kier molecular flexibility index (Phi) is 6.83. The lowest BCUT2D eigenvalue weighted by Crippen LogP contribution is -2.14. The van der Waals surface area contributed by atoms with Crippen molar-refractivity contribution >= 4 is 91.5 Å². The maximum Gasteiger partial charge on any atom is 0.212 e. The van der Waals surface area contributed by atoms with Crippen LogP contribution in [0, 0.1) is 11.8 Å². The van der Waals surface area contributed by atoms with Crippen molar-refractivity contribution in [1.82, 2.24) is 0 Å². The lowest BCUT2D eigenvalue weighted by atomic mass is 9.80. The first-order chi connectivity index (χ1) is 19.7. The Morgan fingerprint density at radius 2 is 1.20 bits per heavy atom. The molecule has 5 heteroatoms. The predicted octanol–water partition coefficient (Wildman–Crippen LogP) is 12.0. The third-order valence-electron chi connectivity index (χ3n) is 9.61. The highest BCUT2D eigenvalue weighted by Gasteiger charge is 2.26. The molecule has 2 fully saturated rings. The highest BCUT2D eigenvalue weighted by atomic mass is 32.1. The lowest BCUT2D eigenvalue weighted by molar-refractivity contribution is 0.104. The average Bonchev–Trinajstić information content (AvgIpc) is 3.79. The van der Waals surface area contributed by atoms with Gasteiger partial charge in [0.15, 0.2) is 0 Å². The second-order valence-corrected chi connectivity index (χ2v) is 16.1. The summed E-state index contributed by atoms with van der Waals surface area (Å²) >= 11 is 7.15. The lowest BCUT2D eigenvalue weighted by Gasteiger charge is -2.26. The van der Waals surface area contributed by atoms with Gasteiger partial charge in [-0.05, 0) is 83.0 Å². The maximum atomic E-state index is 14.1. The van der Waals surface area contributed by atoms with Crippen LogP contribution in [0.25, 0.3) is 40.3 Å². The molecular formula is C35H34OS4. The van der Waals surface area contributed by atoms with Gasteiger partial charge in [0.2, 0.25) is 5.78 Å². The summed E-state index contributed by atoms with van der Waals surface area (Å²) in [6.07, 6.45) is 16.3. The Morgan fingerprint density at radius 3 is 1.95 bits per heavy atom. The molecule has 0 unspecified atom stereocenters. The van der Waals surface area contributed by atoms with Crippen LogP contribution in [0.2, 0.25) is 0 Å². The minimum Gasteiger partial charge on any atom is -0.287 e. The smallest absolute Gasteiger partial charge is 0.212 e. The van der Waals surface area contributed by atoms with Gasteiger partial charge in [-0.15, -0.1) is 45.3 Å². The maximum absolute atomic E-state index is 14.1. The van der Waals surface area contributed by atoms with Gasteiger partial charge in [-0.3, -0.25) is 4.79 Å². The van der Waals surface area contributed by atoms with Crippen LogP contribution in [0.5, 0.6) is 0 Å². The normalized spacial score (nSPS) is 17.6. The molecule has 0 bridgehead atoms. The van der Waals surface area contributed by atoms with Gasteiger partial charge in [0.25, 0.3) is 0 Å². The Bertz CT molecular complexity index is 1850. The van der Waals surface area contributed by atoms with Crippen molar-refractivity contribution in [3.05, 3.63) is 68.0 Å². The van der Waals surface area contributed by atoms with E-state index in [2.05, 4.69) is 47.2 Å². The van der Waals surface area contributed by atoms with E-state index in [0.717, 1.165) is 21.6 Å². The average molecular weight is 599 g/mol. The Balaban J connectivity index is 1.26. The van der Waals surface area contributed by atoms with E-state index in [0.29, 0.717) is 0 Å². The molecule has 0 atom stereocenters. The first kappa shape index (κ1) is 25.6. The van der Waals surface area contributed by atoms with E-state index in [1.807, 2.05) is 11.3 Å². The number of ketones is 1. The van der Waals surface area contributed by atoms with Gasteiger partial charge < -0.3 is 0 Å². The largest absolute Gasteiger partial charge is 0.287 e. The van der Waals surface area contributed by atoms with Crippen molar-refractivity contribution in [2.24, 2.45) is 11.8 Å². The molecule has 40 heavy (non-hydrogen) atoms. The Hall–Kier alpha value is -2.05. The molecule has 8 rings (SSSR count). The van der Waals surface area contributed by atoms with Crippen LogP contribution in [0.3, 0.4) is 0 Å². The van der Waals surface area contributed by atoms with Crippen LogP contribution in [0.15, 0.2) is 47.2 Å². The molecule has 0 N–H and O–H groups in total. The summed E-state index contributed by atoms with van der Waals surface area (Å²) in [6, 6.07) is 13.3. The van der Waals surface area contributed by atoms with Crippen LogP contribution >= 0.6 is 45.3 Å². The van der Waals surface area contributed by atoms with E-state index in [1.165, 1.54) is 117 Å². The zero-order chi connectivity index (χ0) is 26.6. The van der Waals surface area contributed by atoms with Gasteiger partial charge in [-0.1, -0.05) is 64.2 Å². The summed E-state index contributed by atoms with van der Waals surface area (Å²) in [5, 5.41) is 9.64. The molecule has 6 aromatic rings. The molecule has 2 aliphatic carbocycles. The number of hydrogen-bond acceptors (Lipinski definition) is 5. The van der Waals surface area contributed by atoms with E-state index >= 15 is 0 Å². The second kappa shape index (κ2) is 10.7. The van der Waals surface area contributed by atoms with Crippen molar-refractivity contribution in [2.45, 2.75) is 77.0 Å². The highest BCUT2D eigenvalue weighted by Crippen LogP contribution is 2.45. The fraction of sp³-hybridized carbons (Fsp3) is 0.400. The van der Waals surface area contributed by atoms with Gasteiger partial charge in [-0.25, -0.2) is 0 Å². The number of carbonyl (C=O) groups is 1. The topological polar surface area (TPSA) is 17.1 Å². The summed E-state index contributed by atoms with van der Waals surface area (Å²) in [7, 11) is 0. The molecule has 0 aliphatic heterocycles. The third-order valence-corrected chi connectivity index (χ3v) is 13.8. The van der Waals surface area contributed by atoms with Crippen LogP contribution in [-0.4, -0.2) is 5.78 Å². The van der Waals surface area contributed by atoms with Gasteiger partial charge >= 0.3 is 0 Å². The molecular weight excluding hydrogens is 565 g/mol. The number of hydrogen-bond donors (Lipinski definition) is 0. The van der Waals surface area contributed by atoms with Gasteiger partial charge in [-0.2, -0.15) is 0 Å². The monoisotopic (exact) mass is 598 g/mol. The molecule has 0 amide bonds. The summed E-state index contributed by atoms with van der Waals surface area (Å²) in [5.41, 5.74) is 3.24. The summed E-state index contributed by atoms with van der Waals surface area (Å²) in [4.78, 5) is 15.8. The van der Waals surface area contributed by atoms with Crippen LogP contribution < -0.4 is 0 Å². The minimum absolute atomic E-state index is 0.201. The predicted molar refractivity (Wildman–Crippen MR) is 178 cm³/mol. The van der Waals surface area contributed by atoms with E-state index in [4.69, 9.17) is 0 Å². The summed E-state index contributed by atoms with van der Waals surface area (Å²) in [6.45, 7) is 0. The number of rotatable bonds is 6. The Labute approximate surface area is 251 Å². The van der Waals surface area contributed by atoms with Gasteiger partial charge in [0, 0.05) is 40.3 Å². The van der Waals surface area contributed by atoms with Crippen molar-refractivity contribution in [2.75, 3.05) is 0 Å². The number of benzene rings is 2. The molecule has 0 radical (unpaired) electrons. The molecule has 2 saturated carbocycles. The van der Waals surface area contributed by atoms with E-state index in [9.17, 15) is 4.79 Å². The zero-order valence-electron chi connectivity index (χ0n) is 22.8. The van der Waals surface area contributed by atoms with Crippen LogP contribution in [0.1, 0.15) is 89.9 Å². The SMILES string of the molecule is O=C(c1cc2c(ccc3sccc32)s1)c1cc2c(s1)c(CC1CCCCC1)c(CC1CCCCC1)c1sccc12. The van der Waals surface area contributed by atoms with Crippen molar-refractivity contribution in [3.63, 3.8) is 0 Å². The fourth-order valence-electron chi connectivity index (χ4n) is 7.54. The van der Waals surface area contributed by atoms with Crippen molar-refractivity contribution < 1.29 is 4.79 Å². The number of carbonyl (C=O) groups excluding carboxylic acids is 1. The third kappa shape index (κ3) is 4.48. The van der Waals surface area contributed by atoms with E-state index in [1.54, 1.807) is 45.1 Å². The molecule has 2 aromatic carbocycles. The van der Waals surface area contributed by atoms with E-state index in [-0.39, 0.29) is 5.78 Å². The van der Waals surface area contributed by atoms with Gasteiger partial charge in [0.05, 0.1) is 9.75 Å². The van der Waals surface area contributed by atoms with Crippen molar-refractivity contribution in [1.29, 1.82) is 0 Å².